The van der Waals surface area contributed by atoms with Crippen LogP contribution in [0.2, 0.25) is 0 Å². The molecule has 20 heavy (non-hydrogen) atoms. The minimum Gasteiger partial charge on any atom is -0.465 e. The van der Waals surface area contributed by atoms with Crippen molar-refractivity contribution in [2.75, 3.05) is 7.11 Å². The van der Waals surface area contributed by atoms with E-state index in [4.69, 9.17) is 0 Å². The summed E-state index contributed by atoms with van der Waals surface area (Å²) in [5.74, 6) is 0.241. The fourth-order valence-electron chi connectivity index (χ4n) is 2.07. The minimum absolute atomic E-state index is 0.205. The number of esters is 1. The zero-order chi connectivity index (χ0) is 14.1. The van der Waals surface area contributed by atoms with Crippen LogP contribution in [0.1, 0.15) is 23.2 Å². The summed E-state index contributed by atoms with van der Waals surface area (Å²) in [4.78, 5) is 23.4. The summed E-state index contributed by atoms with van der Waals surface area (Å²) >= 11 is 0. The molecule has 0 saturated heterocycles. The Labute approximate surface area is 115 Å². The van der Waals surface area contributed by atoms with E-state index in [-0.39, 0.29) is 5.56 Å². The molecule has 1 saturated carbocycles. The van der Waals surface area contributed by atoms with Crippen LogP contribution in [-0.2, 0) is 11.3 Å². The van der Waals surface area contributed by atoms with Gasteiger partial charge >= 0.3 is 5.97 Å². The monoisotopic (exact) mass is 273 g/mol. The molecule has 0 atom stereocenters. The molecule has 0 unspecified atom stereocenters. The molecular formula is C14H15N3O3. The number of carbonyl (C=O) groups excluding carboxylic acids is 1. The second-order valence-corrected chi connectivity index (χ2v) is 4.98. The summed E-state index contributed by atoms with van der Waals surface area (Å²) in [6, 6.07) is 2.81. The third kappa shape index (κ3) is 2.49. The maximum absolute atomic E-state index is 11.9. The number of rotatable bonds is 4. The molecule has 6 heteroatoms. The number of carbonyl (C=O) groups is 1. The van der Waals surface area contributed by atoms with E-state index in [1.807, 2.05) is 10.9 Å². The summed E-state index contributed by atoms with van der Waals surface area (Å²) in [5.41, 5.74) is 0.784. The first kappa shape index (κ1) is 12.7. The van der Waals surface area contributed by atoms with Crippen molar-refractivity contribution in [2.24, 2.45) is 5.92 Å². The van der Waals surface area contributed by atoms with Gasteiger partial charge in [0.25, 0.3) is 5.56 Å². The van der Waals surface area contributed by atoms with Crippen LogP contribution in [0.5, 0.6) is 0 Å². The highest BCUT2D eigenvalue weighted by Crippen LogP contribution is 2.30. The van der Waals surface area contributed by atoms with Gasteiger partial charge in [0, 0.05) is 25.0 Å². The molecule has 0 N–H and O–H groups in total. The molecule has 2 aromatic heterocycles. The van der Waals surface area contributed by atoms with Crippen molar-refractivity contribution in [2.45, 2.75) is 19.4 Å². The molecule has 0 aromatic carbocycles. The first-order valence-electron chi connectivity index (χ1n) is 6.51. The number of pyridine rings is 1. The minimum atomic E-state index is -0.468. The van der Waals surface area contributed by atoms with Crippen LogP contribution in [0.3, 0.4) is 0 Å². The lowest BCUT2D eigenvalue weighted by atomic mass is 10.3. The molecule has 104 valence electrons. The fraction of sp³-hybridized carbons (Fsp3) is 0.357. The summed E-state index contributed by atoms with van der Waals surface area (Å²) in [6.45, 7) is 0.880. The van der Waals surface area contributed by atoms with E-state index in [0.717, 1.165) is 6.54 Å². The average Bonchev–Trinajstić information content (AvgIpc) is 3.15. The predicted molar refractivity (Wildman–Crippen MR) is 71.9 cm³/mol. The van der Waals surface area contributed by atoms with Gasteiger partial charge in [-0.2, -0.15) is 5.10 Å². The quantitative estimate of drug-likeness (QED) is 0.786. The second-order valence-electron chi connectivity index (χ2n) is 4.98. The van der Waals surface area contributed by atoms with E-state index in [9.17, 15) is 9.59 Å². The first-order chi connectivity index (χ1) is 9.67. The lowest BCUT2D eigenvalue weighted by molar-refractivity contribution is 0.0600. The van der Waals surface area contributed by atoms with Gasteiger partial charge in [-0.3, -0.25) is 14.0 Å². The van der Waals surface area contributed by atoms with Crippen molar-refractivity contribution in [3.05, 3.63) is 46.6 Å². The maximum atomic E-state index is 11.9. The van der Waals surface area contributed by atoms with E-state index in [1.54, 1.807) is 6.20 Å². The van der Waals surface area contributed by atoms with Crippen LogP contribution in [0.25, 0.3) is 5.69 Å². The smallest absolute Gasteiger partial charge is 0.339 e. The van der Waals surface area contributed by atoms with Gasteiger partial charge in [-0.25, -0.2) is 4.79 Å². The van der Waals surface area contributed by atoms with Crippen molar-refractivity contribution in [1.82, 2.24) is 14.3 Å². The molecule has 0 spiro atoms. The maximum Gasteiger partial charge on any atom is 0.339 e. The molecule has 0 radical (unpaired) electrons. The van der Waals surface area contributed by atoms with E-state index in [2.05, 4.69) is 9.84 Å². The SMILES string of the molecule is COC(=O)c1ccc(=O)n(-c2cnn(CC3CC3)c2)c1. The molecule has 6 nitrogen and oxygen atoms in total. The normalized spacial score (nSPS) is 14.2. The van der Waals surface area contributed by atoms with E-state index >= 15 is 0 Å². The molecule has 2 aromatic rings. The van der Waals surface area contributed by atoms with Crippen LogP contribution in [0.15, 0.2) is 35.5 Å². The standard InChI is InChI=1S/C14H15N3O3/c1-20-14(19)11-4-5-13(18)17(8-11)12-6-15-16(9-12)7-10-2-3-10/h4-6,8-10H,2-3,7H2,1H3. The van der Waals surface area contributed by atoms with Gasteiger partial charge in [0.2, 0.25) is 0 Å². The lowest BCUT2D eigenvalue weighted by Gasteiger charge is -2.04. The first-order valence-corrected chi connectivity index (χ1v) is 6.51. The average molecular weight is 273 g/mol. The molecule has 3 rings (SSSR count). The molecule has 0 bridgehead atoms. The summed E-state index contributed by atoms with van der Waals surface area (Å²) in [5, 5.41) is 4.25. The Bertz CT molecular complexity index is 698. The summed E-state index contributed by atoms with van der Waals surface area (Å²) < 4.78 is 7.90. The van der Waals surface area contributed by atoms with E-state index in [0.29, 0.717) is 17.2 Å². The Kier molecular flexibility index (Phi) is 3.14. The van der Waals surface area contributed by atoms with Crippen molar-refractivity contribution < 1.29 is 9.53 Å². The van der Waals surface area contributed by atoms with Gasteiger partial charge in [0.15, 0.2) is 0 Å². The van der Waals surface area contributed by atoms with Gasteiger partial charge in [0.1, 0.15) is 0 Å². The fourth-order valence-corrected chi connectivity index (χ4v) is 2.07. The zero-order valence-corrected chi connectivity index (χ0v) is 11.2. The van der Waals surface area contributed by atoms with Gasteiger partial charge in [-0.15, -0.1) is 0 Å². The number of methoxy groups -OCH3 is 1. The Morgan fingerprint density at radius 3 is 2.90 bits per heavy atom. The highest BCUT2D eigenvalue weighted by molar-refractivity contribution is 5.88. The molecule has 1 aliphatic rings. The van der Waals surface area contributed by atoms with Crippen LogP contribution >= 0.6 is 0 Å². The molecule has 0 amide bonds. The van der Waals surface area contributed by atoms with Crippen molar-refractivity contribution in [3.63, 3.8) is 0 Å². The van der Waals surface area contributed by atoms with Crippen LogP contribution in [0.4, 0.5) is 0 Å². The summed E-state index contributed by atoms with van der Waals surface area (Å²) in [7, 11) is 1.31. The third-order valence-corrected chi connectivity index (χ3v) is 3.37. The van der Waals surface area contributed by atoms with Crippen molar-refractivity contribution >= 4 is 5.97 Å². The lowest BCUT2D eigenvalue weighted by Crippen LogP contribution is -2.18. The number of hydrogen-bond acceptors (Lipinski definition) is 4. The molecule has 0 aliphatic heterocycles. The number of aromatic nitrogens is 3. The Morgan fingerprint density at radius 2 is 2.20 bits per heavy atom. The summed E-state index contributed by atoms with van der Waals surface area (Å²) in [6.07, 6.45) is 7.41. The highest BCUT2D eigenvalue weighted by atomic mass is 16.5. The largest absolute Gasteiger partial charge is 0.465 e. The Morgan fingerprint density at radius 1 is 1.40 bits per heavy atom. The van der Waals surface area contributed by atoms with Crippen molar-refractivity contribution in [3.8, 4) is 5.69 Å². The highest BCUT2D eigenvalue weighted by Gasteiger charge is 2.22. The number of ether oxygens (including phenoxy) is 1. The van der Waals surface area contributed by atoms with Gasteiger partial charge in [-0.05, 0) is 24.8 Å². The van der Waals surface area contributed by atoms with Gasteiger partial charge < -0.3 is 4.74 Å². The molecule has 1 aliphatic carbocycles. The third-order valence-electron chi connectivity index (χ3n) is 3.37. The van der Waals surface area contributed by atoms with Gasteiger partial charge in [0.05, 0.1) is 24.6 Å². The van der Waals surface area contributed by atoms with E-state index in [1.165, 1.54) is 42.8 Å². The van der Waals surface area contributed by atoms with Crippen LogP contribution in [-0.4, -0.2) is 27.4 Å². The number of hydrogen-bond donors (Lipinski definition) is 0. The number of nitrogens with zero attached hydrogens (tertiary/aromatic N) is 3. The van der Waals surface area contributed by atoms with Crippen molar-refractivity contribution in [1.29, 1.82) is 0 Å². The Balaban J connectivity index is 1.93. The Hall–Kier alpha value is -2.37. The van der Waals surface area contributed by atoms with Gasteiger partial charge in [-0.1, -0.05) is 0 Å². The second kappa shape index (κ2) is 4.96. The molecule has 2 heterocycles. The predicted octanol–water partition coefficient (Wildman–Crippen LogP) is 1.23. The molecule has 1 fully saturated rings. The van der Waals surface area contributed by atoms with Crippen LogP contribution in [0, 0.1) is 5.92 Å². The van der Waals surface area contributed by atoms with E-state index < -0.39 is 5.97 Å². The zero-order valence-electron chi connectivity index (χ0n) is 11.2. The molecular weight excluding hydrogens is 258 g/mol. The van der Waals surface area contributed by atoms with Crippen LogP contribution < -0.4 is 5.56 Å². The topological polar surface area (TPSA) is 66.1 Å².